The maximum atomic E-state index is 6.12. The summed E-state index contributed by atoms with van der Waals surface area (Å²) in [6.45, 7) is 0. The van der Waals surface area contributed by atoms with E-state index in [9.17, 15) is 0 Å². The van der Waals surface area contributed by atoms with Crippen LogP contribution in [0.2, 0.25) is 5.02 Å². The van der Waals surface area contributed by atoms with Gasteiger partial charge in [0.15, 0.2) is 0 Å². The Kier molecular flexibility index (Phi) is 4.25. The molecule has 2 nitrogen and oxygen atoms in total. The van der Waals surface area contributed by atoms with Crippen LogP contribution in [0, 0.1) is 17.8 Å². The van der Waals surface area contributed by atoms with E-state index in [0.29, 0.717) is 5.41 Å². The third-order valence-corrected chi connectivity index (χ3v) is 9.56. The second-order valence-electron chi connectivity index (χ2n) is 9.10. The van der Waals surface area contributed by atoms with E-state index in [-0.39, 0.29) is 0 Å². The molecule has 5 heteroatoms. The van der Waals surface area contributed by atoms with E-state index in [4.69, 9.17) is 16.6 Å². The second kappa shape index (κ2) is 6.72. The maximum absolute atomic E-state index is 6.12. The number of benzene rings is 1. The van der Waals surface area contributed by atoms with E-state index in [1.54, 1.807) is 0 Å². The molecule has 0 aliphatic heterocycles. The molecule has 1 aromatic carbocycles. The molecule has 0 atom stereocenters. The third-order valence-electron chi connectivity index (χ3n) is 7.08. The van der Waals surface area contributed by atoms with Gasteiger partial charge in [-0.1, -0.05) is 17.7 Å². The molecule has 0 saturated heterocycles. The molecule has 0 unspecified atom stereocenters. The topological polar surface area (TPSA) is 25.8 Å². The summed E-state index contributed by atoms with van der Waals surface area (Å²) in [5.74, 6) is 3.85. The molecule has 4 aliphatic rings. The number of hydrogen-bond donors (Lipinski definition) is 0. The van der Waals surface area contributed by atoms with Gasteiger partial charge in [0.05, 0.1) is 16.2 Å². The number of nitrogens with zero attached hydrogens (tertiary/aromatic N) is 2. The number of pyridine rings is 1. The normalized spacial score (nSPS) is 31.0. The average Bonchev–Trinajstić information content (AvgIpc) is 3.15. The molecule has 0 N–H and O–H groups in total. The van der Waals surface area contributed by atoms with Gasteiger partial charge in [0.25, 0.3) is 0 Å². The zero-order chi connectivity index (χ0) is 18.7. The van der Waals surface area contributed by atoms with Crippen LogP contribution in [0.5, 0.6) is 0 Å². The predicted octanol–water partition coefficient (Wildman–Crippen LogP) is 7.10. The van der Waals surface area contributed by atoms with Gasteiger partial charge < -0.3 is 0 Å². The van der Waals surface area contributed by atoms with Gasteiger partial charge >= 0.3 is 0 Å². The van der Waals surface area contributed by atoms with Crippen molar-refractivity contribution in [3.63, 3.8) is 0 Å². The van der Waals surface area contributed by atoms with E-state index in [1.165, 1.54) is 59.5 Å². The lowest BCUT2D eigenvalue weighted by Crippen LogP contribution is -2.48. The first kappa shape index (κ1) is 17.7. The molecule has 4 saturated carbocycles. The van der Waals surface area contributed by atoms with Gasteiger partial charge in [-0.2, -0.15) is 0 Å². The minimum atomic E-state index is 0.419. The van der Waals surface area contributed by atoms with Gasteiger partial charge in [0.2, 0.25) is 0 Å². The van der Waals surface area contributed by atoms with E-state index >= 15 is 0 Å². The third kappa shape index (κ3) is 3.00. The van der Waals surface area contributed by atoms with E-state index in [1.807, 2.05) is 41.4 Å². The fraction of sp³-hybridized carbons (Fsp3) is 0.478. The van der Waals surface area contributed by atoms with Crippen molar-refractivity contribution in [3.05, 3.63) is 51.6 Å². The summed E-state index contributed by atoms with van der Waals surface area (Å²) in [4.78, 5) is 10.9. The maximum Gasteiger partial charge on any atom is 0.0990 e. The van der Waals surface area contributed by atoms with Crippen LogP contribution in [-0.2, 0) is 11.2 Å². The minimum Gasteiger partial charge on any atom is -0.256 e. The average molecular weight is 427 g/mol. The summed E-state index contributed by atoms with van der Waals surface area (Å²) < 4.78 is 0. The van der Waals surface area contributed by atoms with Crippen LogP contribution in [0.15, 0.2) is 40.7 Å². The van der Waals surface area contributed by atoms with Crippen LogP contribution in [0.25, 0.3) is 10.9 Å². The Hall–Kier alpha value is -1.10. The van der Waals surface area contributed by atoms with Crippen molar-refractivity contribution >= 4 is 45.6 Å². The molecular weight excluding hydrogens is 404 g/mol. The van der Waals surface area contributed by atoms with Crippen LogP contribution in [0.1, 0.15) is 49.2 Å². The Morgan fingerprint density at radius 1 is 1.07 bits per heavy atom. The monoisotopic (exact) mass is 426 g/mol. The first-order chi connectivity index (χ1) is 13.7. The molecule has 4 fully saturated rings. The number of halogens is 1. The summed E-state index contributed by atoms with van der Waals surface area (Å²) in [7, 11) is 0. The Balaban J connectivity index is 1.23. The quantitative estimate of drug-likeness (QED) is 0.416. The molecule has 144 valence electrons. The van der Waals surface area contributed by atoms with Crippen LogP contribution in [0.4, 0.5) is 0 Å². The largest absolute Gasteiger partial charge is 0.256 e. The molecule has 0 spiro atoms. The number of hydrogen-bond acceptors (Lipinski definition) is 4. The van der Waals surface area contributed by atoms with Crippen molar-refractivity contribution in [2.75, 3.05) is 0 Å². The summed E-state index contributed by atoms with van der Waals surface area (Å²) in [6, 6.07) is 8.07. The molecule has 4 aliphatic carbocycles. The predicted molar refractivity (Wildman–Crippen MR) is 118 cm³/mol. The molecule has 2 heterocycles. The zero-order valence-corrected chi connectivity index (χ0v) is 18.1. The molecule has 4 bridgehead atoms. The van der Waals surface area contributed by atoms with E-state index < -0.39 is 0 Å². The second-order valence-corrected chi connectivity index (χ2v) is 11.4. The standard InChI is InChI=1S/C23H23ClN2S2/c24-17-1-2-19-20(8-17)25-4-3-21(19)27-12-18-13-28-22(26-18)23-9-14-5-15(10-23)7-16(6-14)11-23/h1-4,8,13-16H,5-7,9-12H2. The van der Waals surface area contributed by atoms with Gasteiger partial charge in [-0.3, -0.25) is 4.98 Å². The van der Waals surface area contributed by atoms with Crippen LogP contribution in [0.3, 0.4) is 0 Å². The van der Waals surface area contributed by atoms with Gasteiger partial charge in [-0.05, 0) is 74.5 Å². The van der Waals surface area contributed by atoms with Gasteiger partial charge in [-0.15, -0.1) is 23.1 Å². The van der Waals surface area contributed by atoms with Crippen LogP contribution < -0.4 is 0 Å². The van der Waals surface area contributed by atoms with Crippen LogP contribution in [-0.4, -0.2) is 9.97 Å². The van der Waals surface area contributed by atoms with Crippen molar-refractivity contribution < 1.29 is 0 Å². The van der Waals surface area contributed by atoms with Crippen molar-refractivity contribution in [2.45, 2.75) is 54.6 Å². The Morgan fingerprint density at radius 3 is 2.57 bits per heavy atom. The summed E-state index contributed by atoms with van der Waals surface area (Å²) in [5, 5.41) is 5.66. The summed E-state index contributed by atoms with van der Waals surface area (Å²) in [5.41, 5.74) is 2.62. The molecule has 2 aromatic heterocycles. The molecule has 0 radical (unpaired) electrons. The number of aromatic nitrogens is 2. The van der Waals surface area contributed by atoms with E-state index in [2.05, 4.69) is 22.5 Å². The van der Waals surface area contributed by atoms with Crippen molar-refractivity contribution in [3.8, 4) is 0 Å². The highest BCUT2D eigenvalue weighted by atomic mass is 35.5. The van der Waals surface area contributed by atoms with E-state index in [0.717, 1.165) is 34.0 Å². The first-order valence-corrected chi connectivity index (χ1v) is 12.5. The number of thiazole rings is 1. The summed E-state index contributed by atoms with van der Waals surface area (Å²) in [6.07, 6.45) is 10.5. The number of rotatable bonds is 4. The Bertz CT molecular complexity index is 1010. The Morgan fingerprint density at radius 2 is 1.82 bits per heavy atom. The van der Waals surface area contributed by atoms with Crippen molar-refractivity contribution in [1.29, 1.82) is 0 Å². The fourth-order valence-electron chi connectivity index (χ4n) is 6.36. The Labute approximate surface area is 179 Å². The minimum absolute atomic E-state index is 0.419. The van der Waals surface area contributed by atoms with Crippen molar-refractivity contribution in [2.24, 2.45) is 17.8 Å². The lowest BCUT2D eigenvalue weighted by atomic mass is 9.50. The molecule has 3 aromatic rings. The van der Waals surface area contributed by atoms with Crippen molar-refractivity contribution in [1.82, 2.24) is 9.97 Å². The lowest BCUT2D eigenvalue weighted by Gasteiger charge is -2.56. The van der Waals surface area contributed by atoms with Gasteiger partial charge in [0.1, 0.15) is 0 Å². The SMILES string of the molecule is Clc1ccc2c(SCc3csc(C45CC6CC(CC(C6)C4)C5)n3)ccnc2c1. The highest BCUT2D eigenvalue weighted by molar-refractivity contribution is 7.98. The molecular formula is C23H23ClN2S2. The highest BCUT2D eigenvalue weighted by Crippen LogP contribution is 2.61. The lowest BCUT2D eigenvalue weighted by molar-refractivity contribution is -0.00532. The summed E-state index contributed by atoms with van der Waals surface area (Å²) >= 11 is 9.90. The smallest absolute Gasteiger partial charge is 0.0990 e. The van der Waals surface area contributed by atoms with Gasteiger partial charge in [-0.25, -0.2) is 4.98 Å². The molecule has 28 heavy (non-hydrogen) atoms. The zero-order valence-electron chi connectivity index (χ0n) is 15.7. The number of fused-ring (bicyclic) bond motifs is 1. The first-order valence-electron chi connectivity index (χ1n) is 10.3. The number of thioether (sulfide) groups is 1. The molecule has 0 amide bonds. The molecule has 7 rings (SSSR count). The highest BCUT2D eigenvalue weighted by Gasteiger charge is 2.52. The van der Waals surface area contributed by atoms with Gasteiger partial charge in [0, 0.05) is 38.0 Å². The van der Waals surface area contributed by atoms with Crippen LogP contribution >= 0.6 is 34.7 Å². The fourth-order valence-corrected chi connectivity index (χ4v) is 8.62.